The summed E-state index contributed by atoms with van der Waals surface area (Å²) >= 11 is 0. The van der Waals surface area contributed by atoms with E-state index in [0.717, 1.165) is 27.5 Å². The molecular formula is C31H33N3O4S. The summed E-state index contributed by atoms with van der Waals surface area (Å²) in [4.78, 5) is 15.0. The largest absolute Gasteiger partial charge is 0.496 e. The molecule has 1 amide bonds. The number of ether oxygens (including phenoxy) is 1. The highest BCUT2D eigenvalue weighted by atomic mass is 32.2. The summed E-state index contributed by atoms with van der Waals surface area (Å²) < 4.78 is 34.6. The van der Waals surface area contributed by atoms with Crippen LogP contribution < -0.4 is 10.1 Å². The molecule has 1 fully saturated rings. The molecular weight excluding hydrogens is 510 g/mol. The van der Waals surface area contributed by atoms with Crippen LogP contribution in [0.25, 0.3) is 21.9 Å². The number of amides is 1. The summed E-state index contributed by atoms with van der Waals surface area (Å²) in [5.74, 6) is 0.509. The quantitative estimate of drug-likeness (QED) is 0.343. The van der Waals surface area contributed by atoms with Gasteiger partial charge in [0.1, 0.15) is 5.75 Å². The number of nitrogens with one attached hydrogen (secondary N) is 1. The summed E-state index contributed by atoms with van der Waals surface area (Å²) in [5.41, 5.74) is 2.86. The first kappa shape index (κ1) is 26.9. The Morgan fingerprint density at radius 3 is 2.36 bits per heavy atom. The normalized spacial score (nSPS) is 14.1. The maximum Gasteiger partial charge on any atom is 0.243 e. The molecule has 4 aromatic carbocycles. The fourth-order valence-corrected chi connectivity index (χ4v) is 6.43. The number of benzene rings is 4. The lowest BCUT2D eigenvalue weighted by atomic mass is 9.98. The molecule has 5 rings (SSSR count). The summed E-state index contributed by atoms with van der Waals surface area (Å²) in [6.07, 6.45) is 0.423. The Morgan fingerprint density at radius 1 is 0.897 bits per heavy atom. The number of hydrogen-bond donors (Lipinski definition) is 1. The van der Waals surface area contributed by atoms with E-state index in [1.807, 2.05) is 60.7 Å². The van der Waals surface area contributed by atoms with Crippen LogP contribution in [0.5, 0.6) is 5.75 Å². The van der Waals surface area contributed by atoms with Crippen LogP contribution in [0.4, 0.5) is 0 Å². The molecule has 8 heteroatoms. The van der Waals surface area contributed by atoms with Crippen LogP contribution >= 0.6 is 0 Å². The SMILES string of the molecule is COc1ccccc1CCN(CC(=O)N1CCNCC1)S(=O)(=O)c1ccc(-c2cccc3ccccc23)cc1. The lowest BCUT2D eigenvalue weighted by Crippen LogP contribution is -2.50. The number of carbonyl (C=O) groups excluding carboxylic acids is 1. The molecule has 1 saturated heterocycles. The molecule has 1 N–H and O–H groups in total. The maximum atomic E-state index is 13.9. The smallest absolute Gasteiger partial charge is 0.243 e. The monoisotopic (exact) mass is 543 g/mol. The van der Waals surface area contributed by atoms with Gasteiger partial charge in [-0.1, -0.05) is 72.8 Å². The van der Waals surface area contributed by atoms with Crippen molar-refractivity contribution < 1.29 is 17.9 Å². The molecule has 1 aliphatic heterocycles. The molecule has 0 bridgehead atoms. The molecule has 0 aliphatic carbocycles. The van der Waals surface area contributed by atoms with Gasteiger partial charge in [-0.15, -0.1) is 0 Å². The lowest BCUT2D eigenvalue weighted by molar-refractivity contribution is -0.131. The summed E-state index contributed by atoms with van der Waals surface area (Å²) in [5, 5.41) is 5.46. The third-order valence-electron chi connectivity index (χ3n) is 7.20. The van der Waals surface area contributed by atoms with Gasteiger partial charge < -0.3 is 15.0 Å². The Balaban J connectivity index is 1.42. The van der Waals surface area contributed by atoms with Crippen molar-refractivity contribution in [3.63, 3.8) is 0 Å². The number of sulfonamides is 1. The zero-order valence-electron chi connectivity index (χ0n) is 22.0. The second-order valence-electron chi connectivity index (χ2n) is 9.58. The fraction of sp³-hybridized carbons (Fsp3) is 0.258. The molecule has 4 aromatic rings. The fourth-order valence-electron chi connectivity index (χ4n) is 5.04. The first-order valence-corrected chi connectivity index (χ1v) is 14.6. The summed E-state index contributed by atoms with van der Waals surface area (Å²) in [6, 6.07) is 28.7. The van der Waals surface area contributed by atoms with Gasteiger partial charge in [-0.3, -0.25) is 4.79 Å². The van der Waals surface area contributed by atoms with Crippen molar-refractivity contribution in [1.29, 1.82) is 0 Å². The number of piperazine rings is 1. The summed E-state index contributed by atoms with van der Waals surface area (Å²) in [7, 11) is -2.34. The Bertz CT molecular complexity index is 1540. The zero-order chi connectivity index (χ0) is 27.2. The van der Waals surface area contributed by atoms with Crippen LogP contribution in [0.3, 0.4) is 0 Å². The molecule has 0 saturated carbocycles. The topological polar surface area (TPSA) is 79.0 Å². The highest BCUT2D eigenvalue weighted by Gasteiger charge is 2.29. The number of fused-ring (bicyclic) bond motifs is 1. The van der Waals surface area contributed by atoms with Crippen LogP contribution in [0.2, 0.25) is 0 Å². The van der Waals surface area contributed by atoms with E-state index in [4.69, 9.17) is 4.74 Å². The third kappa shape index (κ3) is 5.98. The van der Waals surface area contributed by atoms with Crippen molar-refractivity contribution in [2.75, 3.05) is 46.4 Å². The Morgan fingerprint density at radius 2 is 1.59 bits per heavy atom. The average molecular weight is 544 g/mol. The van der Waals surface area contributed by atoms with Crippen molar-refractivity contribution in [3.05, 3.63) is 96.6 Å². The van der Waals surface area contributed by atoms with Gasteiger partial charge in [0.25, 0.3) is 0 Å². The van der Waals surface area contributed by atoms with E-state index in [0.29, 0.717) is 38.3 Å². The number of methoxy groups -OCH3 is 1. The average Bonchev–Trinajstić information content (AvgIpc) is 2.99. The molecule has 39 heavy (non-hydrogen) atoms. The molecule has 0 aromatic heterocycles. The maximum absolute atomic E-state index is 13.9. The molecule has 7 nitrogen and oxygen atoms in total. The van der Waals surface area contributed by atoms with Crippen molar-refractivity contribution in [3.8, 4) is 16.9 Å². The first-order chi connectivity index (χ1) is 19.0. The minimum Gasteiger partial charge on any atom is -0.496 e. The van der Waals surface area contributed by atoms with E-state index in [9.17, 15) is 13.2 Å². The Kier molecular flexibility index (Phi) is 8.26. The van der Waals surface area contributed by atoms with Crippen LogP contribution in [0.1, 0.15) is 5.56 Å². The Hall–Kier alpha value is -3.72. The third-order valence-corrected chi connectivity index (χ3v) is 9.06. The van der Waals surface area contributed by atoms with E-state index >= 15 is 0 Å². The van der Waals surface area contributed by atoms with Gasteiger partial charge >= 0.3 is 0 Å². The van der Waals surface area contributed by atoms with E-state index in [-0.39, 0.29) is 23.9 Å². The minimum atomic E-state index is -3.94. The molecule has 0 radical (unpaired) electrons. The Labute approximate surface area is 230 Å². The lowest BCUT2D eigenvalue weighted by Gasteiger charge is -2.30. The van der Waals surface area contributed by atoms with Crippen LogP contribution in [0, 0.1) is 0 Å². The zero-order valence-corrected chi connectivity index (χ0v) is 22.9. The molecule has 1 heterocycles. The van der Waals surface area contributed by atoms with Crippen molar-refractivity contribution in [2.45, 2.75) is 11.3 Å². The molecule has 202 valence electrons. The van der Waals surface area contributed by atoms with Gasteiger partial charge in [-0.05, 0) is 52.1 Å². The van der Waals surface area contributed by atoms with E-state index in [1.165, 1.54) is 4.31 Å². The van der Waals surface area contributed by atoms with Gasteiger partial charge in [0.05, 0.1) is 18.6 Å². The van der Waals surface area contributed by atoms with Gasteiger partial charge in [0.2, 0.25) is 15.9 Å². The van der Waals surface area contributed by atoms with Crippen molar-refractivity contribution in [2.24, 2.45) is 0 Å². The van der Waals surface area contributed by atoms with Crippen LogP contribution in [-0.4, -0.2) is 69.9 Å². The molecule has 0 unspecified atom stereocenters. The van der Waals surface area contributed by atoms with E-state index < -0.39 is 10.0 Å². The van der Waals surface area contributed by atoms with Crippen LogP contribution in [-0.2, 0) is 21.2 Å². The van der Waals surface area contributed by atoms with Gasteiger partial charge in [0, 0.05) is 32.7 Å². The molecule has 1 aliphatic rings. The highest BCUT2D eigenvalue weighted by Crippen LogP contribution is 2.30. The second-order valence-corrected chi connectivity index (χ2v) is 11.5. The van der Waals surface area contributed by atoms with Gasteiger partial charge in [0.15, 0.2) is 0 Å². The van der Waals surface area contributed by atoms with Gasteiger partial charge in [-0.2, -0.15) is 4.31 Å². The minimum absolute atomic E-state index is 0.158. The predicted molar refractivity (Wildman–Crippen MR) is 154 cm³/mol. The highest BCUT2D eigenvalue weighted by molar-refractivity contribution is 7.89. The van der Waals surface area contributed by atoms with E-state index in [2.05, 4.69) is 23.5 Å². The number of carbonyl (C=O) groups is 1. The number of rotatable bonds is 9. The van der Waals surface area contributed by atoms with Crippen molar-refractivity contribution in [1.82, 2.24) is 14.5 Å². The van der Waals surface area contributed by atoms with E-state index in [1.54, 1.807) is 24.1 Å². The van der Waals surface area contributed by atoms with Gasteiger partial charge in [-0.25, -0.2) is 8.42 Å². The summed E-state index contributed by atoms with van der Waals surface area (Å²) in [6.45, 7) is 2.50. The number of hydrogen-bond acceptors (Lipinski definition) is 5. The second kappa shape index (κ2) is 12.0. The predicted octanol–water partition coefficient (Wildman–Crippen LogP) is 4.18. The molecule has 0 spiro atoms. The number of nitrogens with zero attached hydrogens (tertiary/aromatic N) is 2. The standard InChI is InChI=1S/C31H33N3O4S/c1-38-30-12-5-3-8-26(30)17-20-34(23-31(35)33-21-18-32-19-22-33)39(36,37)27-15-13-25(14-16-27)29-11-6-9-24-7-2-4-10-28(24)29/h2-16,32H,17-23H2,1H3. The number of para-hydroxylation sites is 1. The van der Waals surface area contributed by atoms with Crippen LogP contribution in [0.15, 0.2) is 95.9 Å². The van der Waals surface area contributed by atoms with Crippen molar-refractivity contribution >= 4 is 26.7 Å². The molecule has 0 atom stereocenters. The first-order valence-electron chi connectivity index (χ1n) is 13.2.